The Bertz CT molecular complexity index is 606. The maximum atomic E-state index is 9.92. The van der Waals surface area contributed by atoms with Crippen LogP contribution in [-0.2, 0) is 0 Å². The lowest BCUT2D eigenvalue weighted by Crippen LogP contribution is -1.86. The number of nitrogens with zero attached hydrogens (tertiary/aromatic N) is 1. The number of benzene rings is 2. The first-order valence-corrected chi connectivity index (χ1v) is 6.56. The molecule has 1 N–H and O–H groups in total. The molecule has 0 fully saturated rings. The van der Waals surface area contributed by atoms with Gasteiger partial charge >= 0.3 is 0 Å². The Morgan fingerprint density at radius 1 is 1.21 bits per heavy atom. The Kier molecular flexibility index (Phi) is 4.22. The van der Waals surface area contributed by atoms with Crippen molar-refractivity contribution in [2.45, 2.75) is 6.92 Å². The summed E-state index contributed by atoms with van der Waals surface area (Å²) in [4.78, 5) is 4.33. The minimum absolute atomic E-state index is 0.197. The standard InChI is InChI=1S/C15H14BrNO2/c1-10-7-11(15(18)14(16)8-10)9-17-12-3-5-13(19-2)6-4-12/h3-9,18H,1-2H3/b17-9+. The fourth-order valence-corrected chi connectivity index (χ4v) is 2.26. The van der Waals surface area contributed by atoms with Crippen molar-refractivity contribution in [2.24, 2.45) is 4.99 Å². The Balaban J connectivity index is 2.27. The minimum atomic E-state index is 0.197. The van der Waals surface area contributed by atoms with Crippen molar-refractivity contribution in [1.82, 2.24) is 0 Å². The zero-order chi connectivity index (χ0) is 13.8. The molecule has 0 saturated carbocycles. The Labute approximate surface area is 120 Å². The molecular formula is C15H14BrNO2. The number of phenolic OH excluding ortho intramolecular Hbond substituents is 1. The molecule has 0 aliphatic carbocycles. The monoisotopic (exact) mass is 319 g/mol. The lowest BCUT2D eigenvalue weighted by Gasteiger charge is -2.03. The number of halogens is 1. The molecule has 3 nitrogen and oxygen atoms in total. The second kappa shape index (κ2) is 5.89. The van der Waals surface area contributed by atoms with Gasteiger partial charge in [0, 0.05) is 11.8 Å². The topological polar surface area (TPSA) is 41.8 Å². The lowest BCUT2D eigenvalue weighted by atomic mass is 10.1. The molecule has 0 heterocycles. The number of hydrogen-bond donors (Lipinski definition) is 1. The molecule has 0 aliphatic rings. The molecule has 98 valence electrons. The van der Waals surface area contributed by atoms with Crippen molar-refractivity contribution in [3.05, 3.63) is 52.0 Å². The van der Waals surface area contributed by atoms with E-state index in [0.717, 1.165) is 17.0 Å². The van der Waals surface area contributed by atoms with Crippen LogP contribution in [0.4, 0.5) is 5.69 Å². The molecule has 0 amide bonds. The largest absolute Gasteiger partial charge is 0.506 e. The van der Waals surface area contributed by atoms with Gasteiger partial charge in [0.25, 0.3) is 0 Å². The van der Waals surface area contributed by atoms with Gasteiger partial charge in [-0.1, -0.05) is 0 Å². The lowest BCUT2D eigenvalue weighted by molar-refractivity contribution is 0.415. The van der Waals surface area contributed by atoms with Gasteiger partial charge in [-0.05, 0) is 64.8 Å². The molecule has 4 heteroatoms. The zero-order valence-corrected chi connectivity index (χ0v) is 12.3. The number of aliphatic imine (C=N–C) groups is 1. The van der Waals surface area contributed by atoms with E-state index in [2.05, 4.69) is 20.9 Å². The second-order valence-corrected chi connectivity index (χ2v) is 5.00. The van der Waals surface area contributed by atoms with Crippen molar-refractivity contribution in [3.63, 3.8) is 0 Å². The van der Waals surface area contributed by atoms with E-state index >= 15 is 0 Å². The van der Waals surface area contributed by atoms with Crippen molar-refractivity contribution in [2.75, 3.05) is 7.11 Å². The summed E-state index contributed by atoms with van der Waals surface area (Å²) >= 11 is 3.31. The third-order valence-electron chi connectivity index (χ3n) is 2.66. The maximum absolute atomic E-state index is 9.92. The predicted molar refractivity (Wildman–Crippen MR) is 80.8 cm³/mol. The van der Waals surface area contributed by atoms with Crippen LogP contribution in [0, 0.1) is 6.92 Å². The molecule has 19 heavy (non-hydrogen) atoms. The Hall–Kier alpha value is -1.81. The van der Waals surface area contributed by atoms with E-state index in [0.29, 0.717) is 10.0 Å². The summed E-state index contributed by atoms with van der Waals surface area (Å²) in [6.07, 6.45) is 1.65. The summed E-state index contributed by atoms with van der Waals surface area (Å²) in [6, 6.07) is 11.2. The molecule has 2 aromatic carbocycles. The Morgan fingerprint density at radius 3 is 2.53 bits per heavy atom. The van der Waals surface area contributed by atoms with Gasteiger partial charge in [-0.2, -0.15) is 0 Å². The van der Waals surface area contributed by atoms with Crippen molar-refractivity contribution in [1.29, 1.82) is 0 Å². The quantitative estimate of drug-likeness (QED) is 0.860. The molecule has 0 bridgehead atoms. The van der Waals surface area contributed by atoms with Gasteiger partial charge in [-0.15, -0.1) is 0 Å². The molecule has 0 unspecified atom stereocenters. The van der Waals surface area contributed by atoms with Crippen molar-refractivity contribution < 1.29 is 9.84 Å². The van der Waals surface area contributed by atoms with Gasteiger partial charge in [0.2, 0.25) is 0 Å². The van der Waals surface area contributed by atoms with Crippen molar-refractivity contribution >= 4 is 27.8 Å². The number of phenols is 1. The van der Waals surface area contributed by atoms with Gasteiger partial charge in [-0.25, -0.2) is 0 Å². The van der Waals surface area contributed by atoms with E-state index < -0.39 is 0 Å². The van der Waals surface area contributed by atoms with Gasteiger partial charge in [-0.3, -0.25) is 4.99 Å². The highest BCUT2D eigenvalue weighted by Gasteiger charge is 2.04. The summed E-state index contributed by atoms with van der Waals surface area (Å²) in [7, 11) is 1.63. The van der Waals surface area contributed by atoms with Crippen LogP contribution in [0.2, 0.25) is 0 Å². The smallest absolute Gasteiger partial charge is 0.138 e. The van der Waals surface area contributed by atoms with E-state index in [4.69, 9.17) is 4.74 Å². The average Bonchev–Trinajstić information content (AvgIpc) is 2.41. The number of ether oxygens (including phenoxy) is 1. The van der Waals surface area contributed by atoms with Gasteiger partial charge < -0.3 is 9.84 Å². The second-order valence-electron chi connectivity index (χ2n) is 4.14. The number of rotatable bonds is 3. The number of methoxy groups -OCH3 is 1. The van der Waals surface area contributed by atoms with E-state index in [1.165, 1.54) is 0 Å². The highest BCUT2D eigenvalue weighted by atomic mass is 79.9. The predicted octanol–water partition coefficient (Wildman–Crippen LogP) is 4.22. The summed E-state index contributed by atoms with van der Waals surface area (Å²) in [6.45, 7) is 1.97. The van der Waals surface area contributed by atoms with E-state index in [-0.39, 0.29) is 5.75 Å². The van der Waals surface area contributed by atoms with Crippen LogP contribution in [0.5, 0.6) is 11.5 Å². The van der Waals surface area contributed by atoms with E-state index in [9.17, 15) is 5.11 Å². The minimum Gasteiger partial charge on any atom is -0.506 e. The third kappa shape index (κ3) is 3.35. The fraction of sp³-hybridized carbons (Fsp3) is 0.133. The first-order chi connectivity index (χ1) is 9.10. The van der Waals surface area contributed by atoms with Crippen LogP contribution in [0.15, 0.2) is 45.9 Å². The molecule has 0 atom stereocenters. The molecule has 0 aromatic heterocycles. The van der Waals surface area contributed by atoms with Crippen LogP contribution in [0.3, 0.4) is 0 Å². The van der Waals surface area contributed by atoms with Crippen molar-refractivity contribution in [3.8, 4) is 11.5 Å². The van der Waals surface area contributed by atoms with Crippen LogP contribution >= 0.6 is 15.9 Å². The fourth-order valence-electron chi connectivity index (χ4n) is 1.67. The molecular weight excluding hydrogens is 306 g/mol. The first-order valence-electron chi connectivity index (χ1n) is 5.77. The number of hydrogen-bond acceptors (Lipinski definition) is 3. The van der Waals surface area contributed by atoms with Gasteiger partial charge in [0.1, 0.15) is 11.5 Å². The summed E-state index contributed by atoms with van der Waals surface area (Å²) in [5.74, 6) is 0.989. The van der Waals surface area contributed by atoms with Crippen LogP contribution < -0.4 is 4.74 Å². The molecule has 0 aliphatic heterocycles. The highest BCUT2D eigenvalue weighted by Crippen LogP contribution is 2.28. The SMILES string of the molecule is COc1ccc(/N=C/c2cc(C)cc(Br)c2O)cc1. The summed E-state index contributed by atoms with van der Waals surface area (Å²) < 4.78 is 5.75. The van der Waals surface area contributed by atoms with Crippen LogP contribution in [-0.4, -0.2) is 18.4 Å². The molecule has 2 aromatic rings. The normalized spacial score (nSPS) is 10.9. The molecule has 0 spiro atoms. The zero-order valence-electron chi connectivity index (χ0n) is 10.7. The van der Waals surface area contributed by atoms with E-state index in [1.807, 2.05) is 43.3 Å². The summed E-state index contributed by atoms with van der Waals surface area (Å²) in [5.41, 5.74) is 2.54. The third-order valence-corrected chi connectivity index (χ3v) is 3.27. The highest BCUT2D eigenvalue weighted by molar-refractivity contribution is 9.10. The van der Waals surface area contributed by atoms with Gasteiger partial charge in [0.15, 0.2) is 0 Å². The van der Waals surface area contributed by atoms with Gasteiger partial charge in [0.05, 0.1) is 17.3 Å². The first kappa shape index (κ1) is 13.6. The van der Waals surface area contributed by atoms with E-state index in [1.54, 1.807) is 13.3 Å². The number of aromatic hydroxyl groups is 1. The molecule has 0 radical (unpaired) electrons. The van der Waals surface area contributed by atoms with Crippen LogP contribution in [0.1, 0.15) is 11.1 Å². The average molecular weight is 320 g/mol. The molecule has 2 rings (SSSR count). The van der Waals surface area contributed by atoms with Crippen LogP contribution in [0.25, 0.3) is 0 Å². The summed E-state index contributed by atoms with van der Waals surface area (Å²) in [5, 5.41) is 9.92. The number of aryl methyl sites for hydroxylation is 1. The molecule has 0 saturated heterocycles. The maximum Gasteiger partial charge on any atom is 0.138 e. The Morgan fingerprint density at radius 2 is 1.89 bits per heavy atom.